The molecule has 1 aromatic rings. The minimum atomic E-state index is -0.380. The quantitative estimate of drug-likeness (QED) is 0.666. The lowest BCUT2D eigenvalue weighted by Gasteiger charge is -2.00. The molecule has 0 spiro atoms. The molecule has 1 N–H and O–H groups in total. The molecule has 1 aromatic carbocycles. The summed E-state index contributed by atoms with van der Waals surface area (Å²) in [6.07, 6.45) is 1.75. The van der Waals surface area contributed by atoms with Crippen molar-refractivity contribution >= 4 is 46.2 Å². The zero-order chi connectivity index (χ0) is 13.1. The Bertz CT molecular complexity index is 561. The standard InChI is InChI=1S/C12H9NO3S2/c1-16-11(15)8-4-2-7(3-5-8)6-9-10(14)13-12(17)18-9/h2-6H,1H3,(H,13,14,17)/b9-6-. The van der Waals surface area contributed by atoms with Crippen molar-refractivity contribution < 1.29 is 14.6 Å². The van der Waals surface area contributed by atoms with E-state index in [0.29, 0.717) is 14.8 Å². The van der Waals surface area contributed by atoms with Crippen LogP contribution in [0.15, 0.2) is 34.2 Å². The van der Waals surface area contributed by atoms with Crippen molar-refractivity contribution in [3.8, 4) is 0 Å². The molecule has 0 atom stereocenters. The van der Waals surface area contributed by atoms with Crippen LogP contribution < -0.4 is 0 Å². The molecule has 92 valence electrons. The Balaban J connectivity index is 2.21. The van der Waals surface area contributed by atoms with Crippen molar-refractivity contribution in [2.24, 2.45) is 4.99 Å². The number of esters is 1. The molecule has 0 saturated heterocycles. The lowest BCUT2D eigenvalue weighted by Crippen LogP contribution is -2.00. The number of thioether (sulfide) groups is 1. The van der Waals surface area contributed by atoms with Crippen molar-refractivity contribution in [2.45, 2.75) is 0 Å². The molecule has 2 rings (SSSR count). The number of methoxy groups -OCH3 is 1. The number of carbonyl (C=O) groups excluding carboxylic acids is 1. The van der Waals surface area contributed by atoms with Gasteiger partial charge < -0.3 is 9.84 Å². The van der Waals surface area contributed by atoms with Gasteiger partial charge in [0.15, 0.2) is 4.32 Å². The van der Waals surface area contributed by atoms with Crippen molar-refractivity contribution in [2.75, 3.05) is 7.11 Å². The minimum absolute atomic E-state index is 0.0676. The molecule has 0 fully saturated rings. The van der Waals surface area contributed by atoms with Crippen molar-refractivity contribution in [3.63, 3.8) is 0 Å². The zero-order valence-electron chi connectivity index (χ0n) is 9.41. The highest BCUT2D eigenvalue weighted by Crippen LogP contribution is 2.28. The molecule has 0 aromatic heterocycles. The van der Waals surface area contributed by atoms with Gasteiger partial charge in [-0.3, -0.25) is 0 Å². The van der Waals surface area contributed by atoms with Crippen molar-refractivity contribution in [1.82, 2.24) is 0 Å². The predicted octanol–water partition coefficient (Wildman–Crippen LogP) is 2.80. The van der Waals surface area contributed by atoms with E-state index >= 15 is 0 Å². The first-order chi connectivity index (χ1) is 8.60. The maximum Gasteiger partial charge on any atom is 0.337 e. The average molecular weight is 279 g/mol. The van der Waals surface area contributed by atoms with E-state index in [0.717, 1.165) is 5.56 Å². The first-order valence-corrected chi connectivity index (χ1v) is 6.22. The van der Waals surface area contributed by atoms with E-state index in [-0.39, 0.29) is 11.9 Å². The van der Waals surface area contributed by atoms with Crippen LogP contribution in [0.1, 0.15) is 15.9 Å². The van der Waals surface area contributed by atoms with Gasteiger partial charge in [0.2, 0.25) is 5.90 Å². The minimum Gasteiger partial charge on any atom is -0.492 e. The van der Waals surface area contributed by atoms with Gasteiger partial charge in [0, 0.05) is 0 Å². The topological polar surface area (TPSA) is 58.9 Å². The molecular formula is C12H9NO3S2. The monoisotopic (exact) mass is 279 g/mol. The zero-order valence-corrected chi connectivity index (χ0v) is 11.0. The Morgan fingerprint density at radius 3 is 2.61 bits per heavy atom. The summed E-state index contributed by atoms with van der Waals surface area (Å²) in [6.45, 7) is 0. The summed E-state index contributed by atoms with van der Waals surface area (Å²) >= 11 is 6.10. The highest BCUT2D eigenvalue weighted by molar-refractivity contribution is 8.26. The third-order valence-corrected chi connectivity index (χ3v) is 3.37. The summed E-state index contributed by atoms with van der Waals surface area (Å²) in [5.74, 6) is -0.447. The number of aliphatic hydroxyl groups is 1. The van der Waals surface area contributed by atoms with E-state index < -0.39 is 0 Å². The van der Waals surface area contributed by atoms with E-state index in [4.69, 9.17) is 12.2 Å². The van der Waals surface area contributed by atoms with Gasteiger partial charge in [0.25, 0.3) is 0 Å². The lowest BCUT2D eigenvalue weighted by molar-refractivity contribution is 0.0600. The van der Waals surface area contributed by atoms with Gasteiger partial charge in [0.1, 0.15) is 0 Å². The first-order valence-electron chi connectivity index (χ1n) is 5.00. The molecule has 18 heavy (non-hydrogen) atoms. The molecule has 1 aliphatic rings. The number of thiocarbonyl (C=S) groups is 1. The van der Waals surface area contributed by atoms with Gasteiger partial charge >= 0.3 is 5.97 Å². The third-order valence-electron chi connectivity index (χ3n) is 2.24. The molecule has 1 aliphatic heterocycles. The van der Waals surface area contributed by atoms with Crippen LogP contribution in [-0.2, 0) is 4.74 Å². The Hall–Kier alpha value is -1.66. The predicted molar refractivity (Wildman–Crippen MR) is 76.0 cm³/mol. The summed E-state index contributed by atoms with van der Waals surface area (Å²) in [4.78, 5) is 15.6. The Kier molecular flexibility index (Phi) is 3.78. The van der Waals surface area contributed by atoms with Gasteiger partial charge in [-0.2, -0.15) is 4.99 Å². The van der Waals surface area contributed by atoms with E-state index in [9.17, 15) is 9.90 Å². The van der Waals surface area contributed by atoms with Crippen LogP contribution in [-0.4, -0.2) is 28.4 Å². The summed E-state index contributed by atoms with van der Waals surface area (Å²) < 4.78 is 5.00. The number of rotatable bonds is 2. The number of ether oxygens (including phenoxy) is 1. The number of nitrogens with zero attached hydrogens (tertiary/aromatic N) is 1. The smallest absolute Gasteiger partial charge is 0.337 e. The van der Waals surface area contributed by atoms with Crippen LogP contribution in [0.4, 0.5) is 0 Å². The molecule has 0 unspecified atom stereocenters. The van der Waals surface area contributed by atoms with E-state index in [1.54, 1.807) is 30.3 Å². The molecule has 0 saturated carbocycles. The van der Waals surface area contributed by atoms with Crippen LogP contribution in [0.2, 0.25) is 0 Å². The number of hydrogen-bond donors (Lipinski definition) is 1. The van der Waals surface area contributed by atoms with Crippen LogP contribution in [0, 0.1) is 0 Å². The number of benzene rings is 1. The number of carbonyl (C=O) groups is 1. The van der Waals surface area contributed by atoms with Gasteiger partial charge in [-0.15, -0.1) is 0 Å². The van der Waals surface area contributed by atoms with Gasteiger partial charge in [-0.25, -0.2) is 4.79 Å². The normalized spacial score (nSPS) is 16.8. The highest BCUT2D eigenvalue weighted by atomic mass is 32.2. The van der Waals surface area contributed by atoms with E-state index in [1.165, 1.54) is 18.9 Å². The third kappa shape index (κ3) is 2.77. The summed E-state index contributed by atoms with van der Waals surface area (Å²) in [5.41, 5.74) is 1.32. The lowest BCUT2D eigenvalue weighted by atomic mass is 10.1. The van der Waals surface area contributed by atoms with Crippen molar-refractivity contribution in [3.05, 3.63) is 40.3 Å². The molecule has 0 radical (unpaired) electrons. The largest absolute Gasteiger partial charge is 0.492 e. The fourth-order valence-electron chi connectivity index (χ4n) is 1.38. The average Bonchev–Trinajstić information content (AvgIpc) is 2.68. The maximum atomic E-state index is 11.2. The Morgan fingerprint density at radius 2 is 2.11 bits per heavy atom. The second-order valence-electron chi connectivity index (χ2n) is 3.43. The van der Waals surface area contributed by atoms with Crippen LogP contribution in [0.5, 0.6) is 0 Å². The summed E-state index contributed by atoms with van der Waals surface area (Å²) in [6, 6.07) is 6.83. The first kappa shape index (κ1) is 12.8. The summed E-state index contributed by atoms with van der Waals surface area (Å²) in [5, 5.41) is 9.50. The molecule has 0 bridgehead atoms. The number of hydrogen-bond acceptors (Lipinski definition) is 4. The van der Waals surface area contributed by atoms with E-state index in [2.05, 4.69) is 9.73 Å². The molecule has 0 amide bonds. The fourth-order valence-corrected chi connectivity index (χ4v) is 2.39. The van der Waals surface area contributed by atoms with E-state index in [1.807, 2.05) is 0 Å². The maximum absolute atomic E-state index is 11.2. The van der Waals surface area contributed by atoms with Gasteiger partial charge in [-0.1, -0.05) is 23.9 Å². The molecule has 1 heterocycles. The molecule has 6 heteroatoms. The van der Waals surface area contributed by atoms with Crippen molar-refractivity contribution in [1.29, 1.82) is 0 Å². The van der Waals surface area contributed by atoms with Crippen LogP contribution in [0.3, 0.4) is 0 Å². The SMILES string of the molecule is COC(=O)c1ccc(/C=C2\SC(=S)N=C2O)cc1. The van der Waals surface area contributed by atoms with Gasteiger partial charge in [0.05, 0.1) is 17.6 Å². The Labute approximate surface area is 113 Å². The van der Waals surface area contributed by atoms with Gasteiger partial charge in [-0.05, 0) is 36.0 Å². The number of aliphatic imine (C=N–C) groups is 1. The van der Waals surface area contributed by atoms with Crippen LogP contribution in [0.25, 0.3) is 6.08 Å². The second kappa shape index (κ2) is 5.32. The fraction of sp³-hybridized carbons (Fsp3) is 0.0833. The Morgan fingerprint density at radius 1 is 1.44 bits per heavy atom. The molecule has 4 nitrogen and oxygen atoms in total. The molecule has 0 aliphatic carbocycles. The van der Waals surface area contributed by atoms with Crippen LogP contribution >= 0.6 is 24.0 Å². The summed E-state index contributed by atoms with van der Waals surface area (Å²) in [7, 11) is 1.34. The number of aliphatic hydroxyl groups excluding tert-OH is 1. The second-order valence-corrected chi connectivity index (χ2v) is 5.10. The molecular weight excluding hydrogens is 270 g/mol. The highest BCUT2D eigenvalue weighted by Gasteiger charge is 2.17.